The molecule has 0 radical (unpaired) electrons. The molecule has 98 valence electrons. The predicted molar refractivity (Wildman–Crippen MR) is 78.6 cm³/mol. The Morgan fingerprint density at radius 1 is 1.26 bits per heavy atom. The Morgan fingerprint density at radius 3 is 2.95 bits per heavy atom. The number of aryl methyl sites for hydroxylation is 2. The number of rotatable bonds is 4. The molecule has 19 heavy (non-hydrogen) atoms. The molecule has 0 bridgehead atoms. The second-order valence-electron chi connectivity index (χ2n) is 4.82. The highest BCUT2D eigenvalue weighted by Crippen LogP contribution is 2.27. The van der Waals surface area contributed by atoms with Crippen LogP contribution in [0.15, 0.2) is 46.2 Å². The Morgan fingerprint density at radius 2 is 2.16 bits per heavy atom. The molecule has 1 N–H and O–H groups in total. The molecule has 2 aromatic heterocycles. The fraction of sp³-hybridized carbons (Fsp3) is 0.250. The van der Waals surface area contributed by atoms with Crippen molar-refractivity contribution >= 4 is 22.3 Å². The minimum Gasteiger partial charge on any atom is -0.458 e. The Kier molecular flexibility index (Phi) is 3.40. The van der Waals surface area contributed by atoms with Gasteiger partial charge in [0.15, 0.2) is 0 Å². The van der Waals surface area contributed by atoms with Crippen LogP contribution in [0.1, 0.15) is 28.7 Å². The van der Waals surface area contributed by atoms with E-state index in [1.54, 1.807) is 11.3 Å². The number of furan rings is 1. The lowest BCUT2D eigenvalue weighted by Gasteiger charge is -2.05. The summed E-state index contributed by atoms with van der Waals surface area (Å²) in [7, 11) is 0. The molecular weight excluding hydrogens is 256 g/mol. The Bertz CT molecular complexity index is 667. The molecule has 0 aliphatic carbocycles. The fourth-order valence-electron chi connectivity index (χ4n) is 2.22. The van der Waals surface area contributed by atoms with E-state index in [4.69, 9.17) is 4.42 Å². The highest BCUT2D eigenvalue weighted by Gasteiger charge is 2.13. The van der Waals surface area contributed by atoms with Gasteiger partial charge in [-0.1, -0.05) is 17.7 Å². The molecule has 0 saturated heterocycles. The monoisotopic (exact) mass is 272 g/mol. The highest BCUT2D eigenvalue weighted by atomic mass is 32.1. The van der Waals surface area contributed by atoms with E-state index in [0.29, 0.717) is 12.2 Å². The summed E-state index contributed by atoms with van der Waals surface area (Å²) in [6, 6.07) is 12.1. The van der Waals surface area contributed by atoms with Gasteiger partial charge in [0.1, 0.15) is 17.4 Å². The van der Waals surface area contributed by atoms with Crippen LogP contribution < -0.4 is 0 Å². The molecule has 0 fully saturated rings. The third-order valence-electron chi connectivity index (χ3n) is 3.26. The Balaban J connectivity index is 1.75. The van der Waals surface area contributed by atoms with Gasteiger partial charge < -0.3 is 9.52 Å². The summed E-state index contributed by atoms with van der Waals surface area (Å²) in [5.74, 6) is 0.664. The number of aliphatic hydroxyl groups excluding tert-OH is 1. The van der Waals surface area contributed by atoms with Crippen LogP contribution in [0.5, 0.6) is 0 Å². The van der Waals surface area contributed by atoms with Crippen LogP contribution in [-0.2, 0) is 6.42 Å². The molecule has 0 saturated carbocycles. The number of hydrogen-bond acceptors (Lipinski definition) is 3. The van der Waals surface area contributed by atoms with Crippen molar-refractivity contribution < 1.29 is 9.52 Å². The van der Waals surface area contributed by atoms with E-state index in [1.165, 1.54) is 10.4 Å². The maximum atomic E-state index is 10.2. The SMILES string of the molecule is Cc1ccc2oc(C(O)CCc3cccs3)cc2c1. The lowest BCUT2D eigenvalue weighted by atomic mass is 10.1. The zero-order chi connectivity index (χ0) is 13.2. The number of benzene rings is 1. The maximum Gasteiger partial charge on any atom is 0.134 e. The van der Waals surface area contributed by atoms with E-state index in [9.17, 15) is 5.11 Å². The Labute approximate surface area is 116 Å². The van der Waals surface area contributed by atoms with Crippen molar-refractivity contribution in [3.63, 3.8) is 0 Å². The van der Waals surface area contributed by atoms with Crippen LogP contribution in [-0.4, -0.2) is 5.11 Å². The first-order valence-electron chi connectivity index (χ1n) is 6.43. The van der Waals surface area contributed by atoms with E-state index in [2.05, 4.69) is 24.4 Å². The summed E-state index contributed by atoms with van der Waals surface area (Å²) in [5, 5.41) is 13.3. The molecule has 0 amide bonds. The van der Waals surface area contributed by atoms with Crippen molar-refractivity contribution in [2.45, 2.75) is 25.9 Å². The number of hydrogen-bond donors (Lipinski definition) is 1. The molecule has 3 heteroatoms. The standard InChI is InChI=1S/C16H16O2S/c1-11-4-7-15-12(9-11)10-16(18-15)14(17)6-5-13-3-2-8-19-13/h2-4,7-10,14,17H,5-6H2,1H3. The van der Waals surface area contributed by atoms with Gasteiger partial charge in [-0.25, -0.2) is 0 Å². The lowest BCUT2D eigenvalue weighted by Crippen LogP contribution is -1.96. The van der Waals surface area contributed by atoms with E-state index in [-0.39, 0.29) is 0 Å². The third-order valence-corrected chi connectivity index (χ3v) is 4.20. The molecule has 0 spiro atoms. The van der Waals surface area contributed by atoms with Gasteiger partial charge in [-0.15, -0.1) is 11.3 Å². The maximum absolute atomic E-state index is 10.2. The second-order valence-corrected chi connectivity index (χ2v) is 5.86. The summed E-state index contributed by atoms with van der Waals surface area (Å²) in [4.78, 5) is 1.30. The molecule has 2 heterocycles. The molecule has 2 nitrogen and oxygen atoms in total. The van der Waals surface area contributed by atoms with Gasteiger partial charge in [-0.2, -0.15) is 0 Å². The molecular formula is C16H16O2S. The van der Waals surface area contributed by atoms with Gasteiger partial charge in [-0.3, -0.25) is 0 Å². The first-order valence-corrected chi connectivity index (χ1v) is 7.31. The quantitative estimate of drug-likeness (QED) is 0.760. The predicted octanol–water partition coefficient (Wildman–Crippen LogP) is 4.47. The van der Waals surface area contributed by atoms with E-state index < -0.39 is 6.10 Å². The van der Waals surface area contributed by atoms with Crippen LogP contribution >= 0.6 is 11.3 Å². The van der Waals surface area contributed by atoms with Crippen LogP contribution in [0.4, 0.5) is 0 Å². The zero-order valence-electron chi connectivity index (χ0n) is 10.8. The van der Waals surface area contributed by atoms with Crippen LogP contribution in [0.3, 0.4) is 0 Å². The number of thiophene rings is 1. The van der Waals surface area contributed by atoms with Crippen molar-refractivity contribution in [2.75, 3.05) is 0 Å². The van der Waals surface area contributed by atoms with Crippen LogP contribution in [0, 0.1) is 6.92 Å². The first kappa shape index (κ1) is 12.5. The highest BCUT2D eigenvalue weighted by molar-refractivity contribution is 7.09. The van der Waals surface area contributed by atoms with Crippen molar-refractivity contribution in [2.24, 2.45) is 0 Å². The van der Waals surface area contributed by atoms with E-state index in [0.717, 1.165) is 17.4 Å². The van der Waals surface area contributed by atoms with Gasteiger partial charge in [0.05, 0.1) is 0 Å². The molecule has 0 aliphatic heterocycles. The first-order chi connectivity index (χ1) is 9.22. The second kappa shape index (κ2) is 5.19. The minimum absolute atomic E-state index is 0.533. The van der Waals surface area contributed by atoms with Crippen molar-refractivity contribution in [1.29, 1.82) is 0 Å². The summed E-state index contributed by atoms with van der Waals surface area (Å²) in [5.41, 5.74) is 2.05. The summed E-state index contributed by atoms with van der Waals surface area (Å²) < 4.78 is 5.71. The zero-order valence-corrected chi connectivity index (χ0v) is 11.6. The third kappa shape index (κ3) is 2.72. The van der Waals surface area contributed by atoms with Crippen LogP contribution in [0.25, 0.3) is 11.0 Å². The van der Waals surface area contributed by atoms with Gasteiger partial charge >= 0.3 is 0 Å². The van der Waals surface area contributed by atoms with Crippen molar-refractivity contribution in [1.82, 2.24) is 0 Å². The number of aliphatic hydroxyl groups is 1. The topological polar surface area (TPSA) is 33.4 Å². The molecule has 3 rings (SSSR count). The van der Waals surface area contributed by atoms with Gasteiger partial charge in [-0.05, 0) is 49.4 Å². The van der Waals surface area contributed by atoms with E-state index in [1.807, 2.05) is 24.3 Å². The average molecular weight is 272 g/mol. The van der Waals surface area contributed by atoms with Gasteiger partial charge in [0.25, 0.3) is 0 Å². The van der Waals surface area contributed by atoms with Gasteiger partial charge in [0.2, 0.25) is 0 Å². The lowest BCUT2D eigenvalue weighted by molar-refractivity contribution is 0.143. The normalized spacial score (nSPS) is 12.9. The van der Waals surface area contributed by atoms with E-state index >= 15 is 0 Å². The molecule has 3 aromatic rings. The average Bonchev–Trinajstić information content (AvgIpc) is 3.04. The molecule has 1 unspecified atom stereocenters. The minimum atomic E-state index is -0.533. The summed E-state index contributed by atoms with van der Waals surface area (Å²) in [6.07, 6.45) is 1.05. The van der Waals surface area contributed by atoms with Crippen molar-refractivity contribution in [3.8, 4) is 0 Å². The summed E-state index contributed by atoms with van der Waals surface area (Å²) >= 11 is 1.73. The van der Waals surface area contributed by atoms with Gasteiger partial charge in [0, 0.05) is 10.3 Å². The largest absolute Gasteiger partial charge is 0.458 e. The smallest absolute Gasteiger partial charge is 0.134 e. The number of fused-ring (bicyclic) bond motifs is 1. The fourth-order valence-corrected chi connectivity index (χ4v) is 2.95. The van der Waals surface area contributed by atoms with Crippen LogP contribution in [0.2, 0.25) is 0 Å². The summed E-state index contributed by atoms with van der Waals surface area (Å²) in [6.45, 7) is 2.05. The van der Waals surface area contributed by atoms with Crippen molar-refractivity contribution in [3.05, 3.63) is 58.0 Å². The molecule has 1 aromatic carbocycles. The Hall–Kier alpha value is -1.58. The molecule has 0 aliphatic rings. The molecule has 1 atom stereocenters.